The van der Waals surface area contributed by atoms with Gasteiger partial charge in [-0.3, -0.25) is 15.6 Å². The molecule has 3 aliphatic rings. The molecule has 1 amide bonds. The van der Waals surface area contributed by atoms with Gasteiger partial charge in [0.05, 0.1) is 6.04 Å². The van der Waals surface area contributed by atoms with Gasteiger partial charge < -0.3 is 19.1 Å². The summed E-state index contributed by atoms with van der Waals surface area (Å²) in [6, 6.07) is 15.7. The molecule has 2 aromatic carbocycles. The van der Waals surface area contributed by atoms with Gasteiger partial charge in [0.2, 0.25) is 6.79 Å². The second kappa shape index (κ2) is 7.57. The lowest BCUT2D eigenvalue weighted by atomic mass is 9.86. The number of hydrazine groups is 1. The van der Waals surface area contributed by atoms with Gasteiger partial charge in [-0.25, -0.2) is 0 Å². The number of carbonyl (C=O) groups excluding carboxylic acids is 1. The van der Waals surface area contributed by atoms with Crippen LogP contribution in [0.1, 0.15) is 23.7 Å². The van der Waals surface area contributed by atoms with E-state index in [0.29, 0.717) is 29.6 Å². The van der Waals surface area contributed by atoms with Gasteiger partial charge >= 0.3 is 0 Å². The molecule has 0 spiro atoms. The van der Waals surface area contributed by atoms with Crippen LogP contribution in [0.3, 0.4) is 0 Å². The van der Waals surface area contributed by atoms with Crippen LogP contribution >= 0.6 is 0 Å². The first kappa shape index (κ1) is 18.3. The van der Waals surface area contributed by atoms with Crippen LogP contribution < -0.4 is 25.1 Å². The predicted octanol–water partition coefficient (Wildman–Crippen LogP) is 2.19. The summed E-state index contributed by atoms with van der Waals surface area (Å²) in [6.07, 6.45) is 0.878. The Morgan fingerprint density at radius 1 is 1.14 bits per heavy atom. The van der Waals surface area contributed by atoms with Crippen molar-refractivity contribution in [3.63, 3.8) is 0 Å². The summed E-state index contributed by atoms with van der Waals surface area (Å²) < 4.78 is 16.9. The Kier molecular flexibility index (Phi) is 4.77. The van der Waals surface area contributed by atoms with Gasteiger partial charge in [0.1, 0.15) is 11.9 Å². The van der Waals surface area contributed by atoms with Crippen molar-refractivity contribution in [1.82, 2.24) is 15.8 Å². The van der Waals surface area contributed by atoms with Crippen LogP contribution in [-0.4, -0.2) is 48.9 Å². The van der Waals surface area contributed by atoms with Crippen LogP contribution in [0.15, 0.2) is 48.5 Å². The molecule has 2 saturated heterocycles. The van der Waals surface area contributed by atoms with Crippen LogP contribution in [0.4, 0.5) is 0 Å². The van der Waals surface area contributed by atoms with Crippen LogP contribution in [0.25, 0.3) is 0 Å². The second-order valence-electron chi connectivity index (χ2n) is 7.83. The molecule has 0 aliphatic carbocycles. The number of hydrogen-bond donors (Lipinski definition) is 2. The number of hydrogen-bond acceptors (Lipinski definition) is 6. The number of ether oxygens (including phenoxy) is 3. The average Bonchev–Trinajstić information content (AvgIpc) is 3.39. The van der Waals surface area contributed by atoms with Gasteiger partial charge in [0.25, 0.3) is 5.91 Å². The smallest absolute Gasteiger partial charge is 0.254 e. The number of amides is 1. The van der Waals surface area contributed by atoms with Crippen molar-refractivity contribution < 1.29 is 19.0 Å². The minimum Gasteiger partial charge on any atom is -0.489 e. The van der Waals surface area contributed by atoms with E-state index >= 15 is 0 Å². The molecule has 0 bridgehead atoms. The largest absolute Gasteiger partial charge is 0.489 e. The first-order valence-electron chi connectivity index (χ1n) is 10.1. The summed E-state index contributed by atoms with van der Waals surface area (Å²) in [7, 11) is 0. The Bertz CT molecular complexity index is 891. The van der Waals surface area contributed by atoms with Crippen molar-refractivity contribution in [2.45, 2.75) is 31.5 Å². The lowest BCUT2D eigenvalue weighted by molar-refractivity contribution is 0.0607. The Morgan fingerprint density at radius 3 is 2.83 bits per heavy atom. The number of carbonyl (C=O) groups is 1. The quantitative estimate of drug-likeness (QED) is 0.827. The van der Waals surface area contributed by atoms with E-state index in [1.165, 1.54) is 0 Å². The van der Waals surface area contributed by atoms with Crippen LogP contribution in [-0.2, 0) is 0 Å². The monoisotopic (exact) mass is 395 g/mol. The molecular weight excluding hydrogens is 370 g/mol. The van der Waals surface area contributed by atoms with Crippen molar-refractivity contribution in [2.24, 2.45) is 5.92 Å². The van der Waals surface area contributed by atoms with Crippen molar-refractivity contribution in [3.05, 3.63) is 54.1 Å². The first-order valence-corrected chi connectivity index (χ1v) is 10.1. The van der Waals surface area contributed by atoms with E-state index in [-0.39, 0.29) is 30.8 Å². The fraction of sp³-hybridized carbons (Fsp3) is 0.409. The topological polar surface area (TPSA) is 72.1 Å². The zero-order chi connectivity index (χ0) is 19.8. The molecule has 3 heterocycles. The highest BCUT2D eigenvalue weighted by atomic mass is 16.7. The third-order valence-electron chi connectivity index (χ3n) is 6.03. The van der Waals surface area contributed by atoms with Crippen molar-refractivity contribution in [3.8, 4) is 17.2 Å². The third kappa shape index (κ3) is 3.52. The summed E-state index contributed by atoms with van der Waals surface area (Å²) in [4.78, 5) is 15.1. The molecule has 2 aromatic rings. The normalized spacial score (nSPS) is 26.1. The molecule has 7 nitrogen and oxygen atoms in total. The van der Waals surface area contributed by atoms with Crippen LogP contribution in [0.2, 0.25) is 0 Å². The number of benzene rings is 2. The molecule has 2 fully saturated rings. The molecule has 5 rings (SSSR count). The second-order valence-corrected chi connectivity index (χ2v) is 7.83. The maximum Gasteiger partial charge on any atom is 0.254 e. The van der Waals surface area contributed by atoms with E-state index < -0.39 is 0 Å². The lowest BCUT2D eigenvalue weighted by Gasteiger charge is -2.37. The van der Waals surface area contributed by atoms with E-state index in [0.717, 1.165) is 18.7 Å². The van der Waals surface area contributed by atoms with Gasteiger partial charge in [-0.2, -0.15) is 0 Å². The number of nitrogens with one attached hydrogen (secondary N) is 2. The third-order valence-corrected chi connectivity index (χ3v) is 6.03. The molecule has 2 N–H and O–H groups in total. The van der Waals surface area contributed by atoms with Crippen molar-refractivity contribution >= 4 is 5.91 Å². The number of fused-ring (bicyclic) bond motifs is 2. The standard InChI is InChI=1S/C22H25N3O4/c1-14(29-16-5-3-2-4-6-16)21-17-12-25(10-9-18(17)23-24-21)22(26)15-7-8-19-20(11-15)28-13-27-19/h2-8,11,14,17-18,21,23-24H,9-10,12-13H2,1H3. The van der Waals surface area contributed by atoms with E-state index in [4.69, 9.17) is 14.2 Å². The van der Waals surface area contributed by atoms with Gasteiger partial charge in [0, 0.05) is 30.6 Å². The van der Waals surface area contributed by atoms with Crippen molar-refractivity contribution in [1.29, 1.82) is 0 Å². The SMILES string of the molecule is CC(Oc1ccccc1)C1NNC2CCN(C(=O)c3ccc4c(c3)OCO4)CC21. The van der Waals surface area contributed by atoms with Crippen LogP contribution in [0, 0.1) is 5.92 Å². The van der Waals surface area contributed by atoms with E-state index in [1.807, 2.05) is 41.3 Å². The summed E-state index contributed by atoms with van der Waals surface area (Å²) in [6.45, 7) is 3.70. The van der Waals surface area contributed by atoms with Gasteiger partial charge in [-0.1, -0.05) is 18.2 Å². The molecule has 3 aliphatic heterocycles. The highest BCUT2D eigenvalue weighted by molar-refractivity contribution is 5.95. The Labute approximate surface area is 169 Å². The highest BCUT2D eigenvalue weighted by Gasteiger charge is 2.44. The number of nitrogens with zero attached hydrogens (tertiary/aromatic N) is 1. The average molecular weight is 395 g/mol. The zero-order valence-corrected chi connectivity index (χ0v) is 16.3. The molecular formula is C22H25N3O4. The van der Waals surface area contributed by atoms with E-state index in [2.05, 4.69) is 17.8 Å². The molecule has 4 atom stereocenters. The summed E-state index contributed by atoms with van der Waals surface area (Å²) >= 11 is 0. The molecule has 0 aromatic heterocycles. The summed E-state index contributed by atoms with van der Waals surface area (Å²) in [5.74, 6) is 2.49. The predicted molar refractivity (Wildman–Crippen MR) is 107 cm³/mol. The maximum absolute atomic E-state index is 13.1. The van der Waals surface area contributed by atoms with Gasteiger partial charge in [0.15, 0.2) is 11.5 Å². The zero-order valence-electron chi connectivity index (χ0n) is 16.3. The summed E-state index contributed by atoms with van der Waals surface area (Å²) in [5, 5.41) is 0. The number of para-hydroxylation sites is 1. The summed E-state index contributed by atoms with van der Waals surface area (Å²) in [5.41, 5.74) is 7.44. The molecule has 152 valence electrons. The van der Waals surface area contributed by atoms with Crippen LogP contribution in [0.5, 0.6) is 17.2 Å². The first-order chi connectivity index (χ1) is 14.2. The fourth-order valence-electron chi connectivity index (χ4n) is 4.48. The van der Waals surface area contributed by atoms with E-state index in [1.54, 1.807) is 12.1 Å². The number of rotatable bonds is 4. The highest BCUT2D eigenvalue weighted by Crippen LogP contribution is 2.34. The molecule has 0 saturated carbocycles. The Morgan fingerprint density at radius 2 is 1.97 bits per heavy atom. The van der Waals surface area contributed by atoms with E-state index in [9.17, 15) is 4.79 Å². The number of piperidine rings is 1. The number of likely N-dealkylation sites (tertiary alicyclic amines) is 1. The minimum atomic E-state index is -0.0273. The Balaban J connectivity index is 1.28. The lowest BCUT2D eigenvalue weighted by Crippen LogP contribution is -2.51. The van der Waals surface area contributed by atoms with Crippen molar-refractivity contribution in [2.75, 3.05) is 19.9 Å². The Hall–Kier alpha value is -2.77. The van der Waals surface area contributed by atoms with Gasteiger partial charge in [-0.15, -0.1) is 0 Å². The maximum atomic E-state index is 13.1. The molecule has 4 unspecified atom stereocenters. The fourth-order valence-corrected chi connectivity index (χ4v) is 4.48. The van der Waals surface area contributed by atoms with Gasteiger partial charge in [-0.05, 0) is 43.7 Å². The minimum absolute atomic E-state index is 0.0273. The molecule has 29 heavy (non-hydrogen) atoms. The molecule has 7 heteroatoms. The molecule has 0 radical (unpaired) electrons.